The largest absolute Gasteiger partial charge is 0.391 e. The molecule has 0 amide bonds. The van der Waals surface area contributed by atoms with Gasteiger partial charge in [0.25, 0.3) is 0 Å². The highest BCUT2D eigenvalue weighted by atomic mass is 16.3. The molecule has 0 aromatic carbocycles. The summed E-state index contributed by atoms with van der Waals surface area (Å²) in [6.45, 7) is 9.85. The van der Waals surface area contributed by atoms with E-state index in [0.29, 0.717) is 0 Å². The third-order valence-electron chi connectivity index (χ3n) is 2.77. The van der Waals surface area contributed by atoms with Crippen molar-refractivity contribution in [3.8, 4) is 0 Å². The van der Waals surface area contributed by atoms with E-state index >= 15 is 0 Å². The van der Waals surface area contributed by atoms with Gasteiger partial charge in [-0.1, -0.05) is 0 Å². The first-order chi connectivity index (χ1) is 5.95. The Bertz CT molecular complexity index is 302. The van der Waals surface area contributed by atoms with Crippen LogP contribution < -0.4 is 0 Å². The van der Waals surface area contributed by atoms with Gasteiger partial charge in [0, 0.05) is 5.69 Å². The Labute approximate surface area is 79.4 Å². The summed E-state index contributed by atoms with van der Waals surface area (Å²) in [5.41, 5.74) is 3.41. The van der Waals surface area contributed by atoms with Gasteiger partial charge < -0.3 is 5.11 Å². The van der Waals surface area contributed by atoms with Gasteiger partial charge in [-0.25, -0.2) is 0 Å². The summed E-state index contributed by atoms with van der Waals surface area (Å²) in [6.07, 6.45) is -0.364. The molecule has 0 radical (unpaired) electrons. The minimum Gasteiger partial charge on any atom is -0.391 e. The summed E-state index contributed by atoms with van der Waals surface area (Å²) in [5.74, 6) is 0. The lowest BCUT2D eigenvalue weighted by Gasteiger charge is -2.17. The normalized spacial score (nSPS) is 15.8. The molecular formula is C10H18N2O. The topological polar surface area (TPSA) is 38.0 Å². The predicted octanol–water partition coefficient (Wildman–Crippen LogP) is 1.75. The van der Waals surface area contributed by atoms with Gasteiger partial charge in [-0.3, -0.25) is 4.68 Å². The Balaban J connectivity index is 3.08. The third kappa shape index (κ3) is 1.75. The van der Waals surface area contributed by atoms with E-state index in [1.165, 1.54) is 5.56 Å². The molecule has 74 valence electrons. The van der Waals surface area contributed by atoms with Gasteiger partial charge in [0.1, 0.15) is 0 Å². The molecule has 1 N–H and O–H groups in total. The number of hydrogen-bond donors (Lipinski definition) is 1. The lowest BCUT2D eigenvalue weighted by Crippen LogP contribution is -2.20. The van der Waals surface area contributed by atoms with Crippen molar-refractivity contribution in [1.29, 1.82) is 0 Å². The van der Waals surface area contributed by atoms with Crippen LogP contribution in [0.4, 0.5) is 0 Å². The molecule has 13 heavy (non-hydrogen) atoms. The van der Waals surface area contributed by atoms with E-state index in [4.69, 9.17) is 0 Å². The standard InChI is InChI=1S/C10H18N2O/c1-6-7(2)11-12(8(6)3)9(4)10(5)13/h9-10,13H,1-5H3. The first-order valence-corrected chi connectivity index (χ1v) is 4.65. The Morgan fingerprint density at radius 1 is 1.23 bits per heavy atom. The Morgan fingerprint density at radius 3 is 2.08 bits per heavy atom. The van der Waals surface area contributed by atoms with Crippen LogP contribution in [0.1, 0.15) is 36.8 Å². The third-order valence-corrected chi connectivity index (χ3v) is 2.77. The number of aliphatic hydroxyl groups is 1. The average Bonchev–Trinajstić information content (AvgIpc) is 2.31. The van der Waals surface area contributed by atoms with Crippen molar-refractivity contribution in [2.75, 3.05) is 0 Å². The van der Waals surface area contributed by atoms with E-state index in [-0.39, 0.29) is 12.1 Å². The van der Waals surface area contributed by atoms with E-state index < -0.39 is 0 Å². The number of rotatable bonds is 2. The Morgan fingerprint density at radius 2 is 1.77 bits per heavy atom. The molecule has 0 bridgehead atoms. The van der Waals surface area contributed by atoms with E-state index in [9.17, 15) is 5.11 Å². The molecule has 0 aliphatic heterocycles. The quantitative estimate of drug-likeness (QED) is 0.756. The molecule has 3 nitrogen and oxygen atoms in total. The van der Waals surface area contributed by atoms with Crippen molar-refractivity contribution in [3.63, 3.8) is 0 Å². The average molecular weight is 182 g/mol. The smallest absolute Gasteiger partial charge is 0.0750 e. The fourth-order valence-corrected chi connectivity index (χ4v) is 1.35. The molecule has 1 aromatic heterocycles. The zero-order valence-electron chi connectivity index (χ0n) is 9.00. The SMILES string of the molecule is Cc1nn(C(C)C(C)O)c(C)c1C. The van der Waals surface area contributed by atoms with Gasteiger partial charge in [0.2, 0.25) is 0 Å². The lowest BCUT2D eigenvalue weighted by molar-refractivity contribution is 0.131. The van der Waals surface area contributed by atoms with Crippen molar-refractivity contribution in [2.45, 2.75) is 46.8 Å². The highest BCUT2D eigenvalue weighted by molar-refractivity contribution is 5.22. The number of hydrogen-bond acceptors (Lipinski definition) is 2. The molecule has 1 aromatic rings. The first-order valence-electron chi connectivity index (χ1n) is 4.65. The number of nitrogens with zero attached hydrogens (tertiary/aromatic N) is 2. The molecule has 0 spiro atoms. The van der Waals surface area contributed by atoms with Gasteiger partial charge >= 0.3 is 0 Å². The van der Waals surface area contributed by atoms with E-state index in [1.54, 1.807) is 6.92 Å². The van der Waals surface area contributed by atoms with Crippen LogP contribution in [0.2, 0.25) is 0 Å². The molecule has 0 fully saturated rings. The molecule has 0 saturated carbocycles. The second-order valence-electron chi connectivity index (χ2n) is 3.72. The Kier molecular flexibility index (Phi) is 2.76. The maximum atomic E-state index is 9.44. The van der Waals surface area contributed by atoms with Gasteiger partial charge in [0.05, 0.1) is 17.8 Å². The highest BCUT2D eigenvalue weighted by Crippen LogP contribution is 2.18. The fourth-order valence-electron chi connectivity index (χ4n) is 1.35. The summed E-state index contributed by atoms with van der Waals surface area (Å²) in [7, 11) is 0. The van der Waals surface area contributed by atoms with Crippen LogP contribution in [0, 0.1) is 20.8 Å². The molecule has 2 unspecified atom stereocenters. The molecule has 0 aliphatic carbocycles. The van der Waals surface area contributed by atoms with Crippen LogP contribution in [-0.2, 0) is 0 Å². The summed E-state index contributed by atoms with van der Waals surface area (Å²) in [6, 6.07) is 0.0485. The maximum absolute atomic E-state index is 9.44. The van der Waals surface area contributed by atoms with E-state index in [2.05, 4.69) is 12.0 Å². The zero-order chi connectivity index (χ0) is 10.2. The maximum Gasteiger partial charge on any atom is 0.0750 e. The minimum absolute atomic E-state index is 0.0485. The molecule has 2 atom stereocenters. The molecule has 0 saturated heterocycles. The van der Waals surface area contributed by atoms with Crippen LogP contribution in [-0.4, -0.2) is 21.0 Å². The van der Waals surface area contributed by atoms with Crippen molar-refractivity contribution >= 4 is 0 Å². The van der Waals surface area contributed by atoms with Crippen LogP contribution in [0.3, 0.4) is 0 Å². The van der Waals surface area contributed by atoms with Gasteiger partial charge in [-0.05, 0) is 40.2 Å². The van der Waals surface area contributed by atoms with Crippen LogP contribution >= 0.6 is 0 Å². The Hall–Kier alpha value is -0.830. The summed E-state index contributed by atoms with van der Waals surface area (Å²) < 4.78 is 1.90. The second kappa shape index (κ2) is 3.50. The number of aliphatic hydroxyl groups excluding tert-OH is 1. The molecular weight excluding hydrogens is 164 g/mol. The number of aromatic nitrogens is 2. The summed E-state index contributed by atoms with van der Waals surface area (Å²) in [5, 5.41) is 13.8. The fraction of sp³-hybridized carbons (Fsp3) is 0.700. The van der Waals surface area contributed by atoms with Gasteiger partial charge in [0.15, 0.2) is 0 Å². The lowest BCUT2D eigenvalue weighted by atomic mass is 10.2. The summed E-state index contributed by atoms with van der Waals surface area (Å²) in [4.78, 5) is 0. The van der Waals surface area contributed by atoms with Crippen LogP contribution in [0.25, 0.3) is 0 Å². The summed E-state index contributed by atoms with van der Waals surface area (Å²) >= 11 is 0. The van der Waals surface area contributed by atoms with Crippen molar-refractivity contribution in [3.05, 3.63) is 17.0 Å². The molecule has 0 aliphatic rings. The van der Waals surface area contributed by atoms with E-state index in [1.807, 2.05) is 25.5 Å². The predicted molar refractivity (Wildman–Crippen MR) is 52.8 cm³/mol. The zero-order valence-corrected chi connectivity index (χ0v) is 9.00. The van der Waals surface area contributed by atoms with Gasteiger partial charge in [-0.15, -0.1) is 0 Å². The molecule has 3 heteroatoms. The molecule has 1 heterocycles. The van der Waals surface area contributed by atoms with Crippen LogP contribution in [0.5, 0.6) is 0 Å². The van der Waals surface area contributed by atoms with Crippen LogP contribution in [0.15, 0.2) is 0 Å². The monoisotopic (exact) mass is 182 g/mol. The number of aryl methyl sites for hydroxylation is 1. The van der Waals surface area contributed by atoms with Gasteiger partial charge in [-0.2, -0.15) is 5.10 Å². The van der Waals surface area contributed by atoms with Crippen molar-refractivity contribution in [1.82, 2.24) is 9.78 Å². The second-order valence-corrected chi connectivity index (χ2v) is 3.72. The van der Waals surface area contributed by atoms with E-state index in [0.717, 1.165) is 11.4 Å². The highest BCUT2D eigenvalue weighted by Gasteiger charge is 2.16. The van der Waals surface area contributed by atoms with Crippen molar-refractivity contribution in [2.24, 2.45) is 0 Å². The van der Waals surface area contributed by atoms with Crippen molar-refractivity contribution < 1.29 is 5.11 Å². The molecule has 1 rings (SSSR count). The first kappa shape index (κ1) is 10.3. The minimum atomic E-state index is -0.364.